The number of rotatable bonds is 5. The van der Waals surface area contributed by atoms with Gasteiger partial charge in [0.25, 0.3) is 5.91 Å². The summed E-state index contributed by atoms with van der Waals surface area (Å²) in [6, 6.07) is 6.58. The van der Waals surface area contributed by atoms with E-state index in [2.05, 4.69) is 5.32 Å². The molecule has 0 radical (unpaired) electrons. The van der Waals surface area contributed by atoms with Gasteiger partial charge in [-0.05, 0) is 51.0 Å². The highest BCUT2D eigenvalue weighted by atomic mass is 16.5. The number of carbonyl (C=O) groups is 3. The molecule has 5 heteroatoms. The maximum absolute atomic E-state index is 11.9. The van der Waals surface area contributed by atoms with Crippen molar-refractivity contribution < 1.29 is 19.1 Å². The van der Waals surface area contributed by atoms with Crippen LogP contribution in [0.1, 0.15) is 43.5 Å². The summed E-state index contributed by atoms with van der Waals surface area (Å²) in [4.78, 5) is 34.8. The van der Waals surface area contributed by atoms with Gasteiger partial charge in [0, 0.05) is 11.3 Å². The third kappa shape index (κ3) is 3.90. The summed E-state index contributed by atoms with van der Waals surface area (Å²) >= 11 is 0. The van der Waals surface area contributed by atoms with E-state index in [0.717, 1.165) is 19.3 Å². The van der Waals surface area contributed by atoms with Gasteiger partial charge in [0.05, 0.1) is 5.92 Å². The van der Waals surface area contributed by atoms with Crippen molar-refractivity contribution in [1.29, 1.82) is 0 Å². The van der Waals surface area contributed by atoms with Crippen molar-refractivity contribution in [3.63, 3.8) is 0 Å². The molecular weight excluding hydrogens is 270 g/mol. The van der Waals surface area contributed by atoms with Gasteiger partial charge in [-0.1, -0.05) is 6.42 Å². The first-order chi connectivity index (χ1) is 9.97. The second-order valence-corrected chi connectivity index (χ2v) is 5.33. The van der Waals surface area contributed by atoms with Crippen molar-refractivity contribution in [1.82, 2.24) is 0 Å². The molecule has 0 unspecified atom stereocenters. The molecule has 1 fully saturated rings. The third-order valence-electron chi connectivity index (χ3n) is 3.66. The fraction of sp³-hybridized carbons (Fsp3) is 0.438. The van der Waals surface area contributed by atoms with Gasteiger partial charge >= 0.3 is 5.97 Å². The Kier molecular flexibility index (Phi) is 4.73. The van der Waals surface area contributed by atoms with Crippen LogP contribution in [-0.4, -0.2) is 23.8 Å². The normalized spacial score (nSPS) is 15.7. The van der Waals surface area contributed by atoms with E-state index in [1.54, 1.807) is 31.2 Å². The highest BCUT2D eigenvalue weighted by Gasteiger charge is 2.29. The molecule has 1 N–H and O–H groups in total. The minimum atomic E-state index is -0.828. The Morgan fingerprint density at radius 3 is 2.29 bits per heavy atom. The fourth-order valence-electron chi connectivity index (χ4n) is 2.00. The van der Waals surface area contributed by atoms with Crippen molar-refractivity contribution in [2.24, 2.45) is 5.92 Å². The maximum Gasteiger partial charge on any atom is 0.309 e. The lowest BCUT2D eigenvalue weighted by Gasteiger charge is -2.24. The number of ether oxygens (including phenoxy) is 1. The number of hydrogen-bond donors (Lipinski definition) is 1. The molecule has 0 saturated heterocycles. The van der Waals surface area contributed by atoms with Crippen LogP contribution in [0.4, 0.5) is 5.69 Å². The number of benzene rings is 1. The number of Topliss-reactive ketones (excluding diaryl/α,β-unsaturated/α-hetero) is 1. The van der Waals surface area contributed by atoms with Crippen LogP contribution < -0.4 is 5.32 Å². The first-order valence-corrected chi connectivity index (χ1v) is 7.09. The number of ketones is 1. The van der Waals surface area contributed by atoms with Crippen molar-refractivity contribution in [2.75, 3.05) is 5.32 Å². The molecular formula is C16H19NO4. The second kappa shape index (κ2) is 6.52. The molecule has 21 heavy (non-hydrogen) atoms. The number of amides is 1. The summed E-state index contributed by atoms with van der Waals surface area (Å²) in [6.07, 6.45) is 1.91. The Hall–Kier alpha value is -2.17. The van der Waals surface area contributed by atoms with Crippen LogP contribution in [0.15, 0.2) is 24.3 Å². The monoisotopic (exact) mass is 289 g/mol. The van der Waals surface area contributed by atoms with E-state index < -0.39 is 6.10 Å². The van der Waals surface area contributed by atoms with Gasteiger partial charge in [0.1, 0.15) is 0 Å². The summed E-state index contributed by atoms with van der Waals surface area (Å²) in [5.74, 6) is -0.750. The molecule has 5 nitrogen and oxygen atoms in total. The van der Waals surface area contributed by atoms with Gasteiger partial charge in [-0.15, -0.1) is 0 Å². The lowest BCUT2D eigenvalue weighted by molar-refractivity contribution is -0.159. The summed E-state index contributed by atoms with van der Waals surface area (Å²) in [5, 5.41) is 2.66. The number of nitrogens with one attached hydrogen (secondary N) is 1. The van der Waals surface area contributed by atoms with Gasteiger partial charge in [0.2, 0.25) is 0 Å². The van der Waals surface area contributed by atoms with Crippen LogP contribution in [0.2, 0.25) is 0 Å². The molecule has 1 atom stereocenters. The molecule has 1 aromatic carbocycles. The average molecular weight is 289 g/mol. The molecule has 0 heterocycles. The van der Waals surface area contributed by atoms with Crippen LogP contribution in [0.25, 0.3) is 0 Å². The highest BCUT2D eigenvalue weighted by molar-refractivity contribution is 5.97. The van der Waals surface area contributed by atoms with Crippen molar-refractivity contribution in [3.05, 3.63) is 29.8 Å². The van der Waals surface area contributed by atoms with Crippen molar-refractivity contribution in [2.45, 2.75) is 39.2 Å². The SMILES string of the molecule is CC(=O)c1ccc(NC(=O)[C@H](C)OC(=O)C2CCC2)cc1. The Morgan fingerprint density at radius 1 is 1.19 bits per heavy atom. The van der Waals surface area contributed by atoms with Gasteiger partial charge in [0.15, 0.2) is 11.9 Å². The van der Waals surface area contributed by atoms with Crippen molar-refractivity contribution >= 4 is 23.3 Å². The Bertz CT molecular complexity index is 546. The molecule has 1 aromatic rings. The predicted molar refractivity (Wildman–Crippen MR) is 78.0 cm³/mol. The minimum Gasteiger partial charge on any atom is -0.452 e. The highest BCUT2D eigenvalue weighted by Crippen LogP contribution is 2.27. The summed E-state index contributed by atoms with van der Waals surface area (Å²) in [6.45, 7) is 3.03. The zero-order valence-corrected chi connectivity index (χ0v) is 12.2. The quantitative estimate of drug-likeness (QED) is 0.668. The molecule has 1 saturated carbocycles. The maximum atomic E-state index is 11.9. The van der Waals surface area contributed by atoms with Crippen LogP contribution >= 0.6 is 0 Å². The molecule has 112 valence electrons. The summed E-state index contributed by atoms with van der Waals surface area (Å²) in [5.41, 5.74) is 1.15. The zero-order chi connectivity index (χ0) is 15.4. The van der Waals surface area contributed by atoms with E-state index in [0.29, 0.717) is 11.3 Å². The second-order valence-electron chi connectivity index (χ2n) is 5.33. The van der Waals surface area contributed by atoms with Gasteiger partial charge in [-0.2, -0.15) is 0 Å². The first kappa shape index (κ1) is 15.2. The number of carbonyl (C=O) groups excluding carboxylic acids is 3. The van der Waals surface area contributed by atoms with Crippen LogP contribution in [-0.2, 0) is 14.3 Å². The minimum absolute atomic E-state index is 0.0318. The lowest BCUT2D eigenvalue weighted by atomic mass is 9.86. The van der Waals surface area contributed by atoms with Gasteiger partial charge in [-0.3, -0.25) is 14.4 Å². The Balaban J connectivity index is 1.87. The smallest absolute Gasteiger partial charge is 0.309 e. The van der Waals surface area contributed by atoms with Crippen LogP contribution in [0, 0.1) is 5.92 Å². The van der Waals surface area contributed by atoms with E-state index in [1.807, 2.05) is 0 Å². The van der Waals surface area contributed by atoms with E-state index >= 15 is 0 Å². The fourth-order valence-corrected chi connectivity index (χ4v) is 2.00. The molecule has 1 aliphatic carbocycles. The van der Waals surface area contributed by atoms with E-state index in [-0.39, 0.29) is 23.6 Å². The van der Waals surface area contributed by atoms with Gasteiger partial charge < -0.3 is 10.1 Å². The summed E-state index contributed by atoms with van der Waals surface area (Å²) in [7, 11) is 0. The molecule has 2 rings (SSSR count). The zero-order valence-electron chi connectivity index (χ0n) is 12.2. The van der Waals surface area contributed by atoms with Crippen molar-refractivity contribution in [3.8, 4) is 0 Å². The Morgan fingerprint density at radius 2 is 1.81 bits per heavy atom. The third-order valence-corrected chi connectivity index (χ3v) is 3.66. The van der Waals surface area contributed by atoms with E-state index in [4.69, 9.17) is 4.74 Å². The molecule has 0 bridgehead atoms. The van der Waals surface area contributed by atoms with Gasteiger partial charge in [-0.25, -0.2) is 0 Å². The Labute approximate surface area is 123 Å². The average Bonchev–Trinajstić information content (AvgIpc) is 2.36. The summed E-state index contributed by atoms with van der Waals surface area (Å²) < 4.78 is 5.15. The largest absolute Gasteiger partial charge is 0.452 e. The lowest BCUT2D eigenvalue weighted by Crippen LogP contribution is -2.34. The predicted octanol–water partition coefficient (Wildman–Crippen LogP) is 2.56. The topological polar surface area (TPSA) is 72.5 Å². The first-order valence-electron chi connectivity index (χ1n) is 7.09. The number of hydrogen-bond acceptors (Lipinski definition) is 4. The molecule has 1 aliphatic rings. The van der Waals surface area contributed by atoms with E-state index in [1.165, 1.54) is 6.92 Å². The number of esters is 1. The van der Waals surface area contributed by atoms with Crippen LogP contribution in [0.3, 0.4) is 0 Å². The molecule has 1 amide bonds. The molecule has 0 aliphatic heterocycles. The number of anilines is 1. The molecule has 0 aromatic heterocycles. The molecule has 0 spiro atoms. The standard InChI is InChI=1S/C16H19NO4/c1-10(18)12-6-8-14(9-7-12)17-15(19)11(2)21-16(20)13-4-3-5-13/h6-9,11,13H,3-5H2,1-2H3,(H,17,19)/t11-/m0/s1. The van der Waals surface area contributed by atoms with Crippen LogP contribution in [0.5, 0.6) is 0 Å². The van der Waals surface area contributed by atoms with E-state index in [9.17, 15) is 14.4 Å².